The minimum absolute atomic E-state index is 0.00753. The van der Waals surface area contributed by atoms with Crippen LogP contribution in [0.4, 0.5) is 4.79 Å². The van der Waals surface area contributed by atoms with E-state index in [0.29, 0.717) is 43.7 Å². The predicted molar refractivity (Wildman–Crippen MR) is 131 cm³/mol. The van der Waals surface area contributed by atoms with Crippen LogP contribution < -0.4 is 10.1 Å². The molecule has 1 aromatic carbocycles. The van der Waals surface area contributed by atoms with Crippen LogP contribution in [-0.2, 0) is 14.3 Å². The maximum atomic E-state index is 12.8. The molecule has 0 unspecified atom stereocenters. The van der Waals surface area contributed by atoms with E-state index in [4.69, 9.17) is 9.47 Å². The number of carbonyl (C=O) groups excluding carboxylic acids is 3. The first-order chi connectivity index (χ1) is 17.2. The standard InChI is InChI=1S/C25H32N4O7/c1-4-5-12-35-25(34)29-10-8-28(9-11-29)22(30)15-26-23(31)20-14-21(36-17(3)24(32)33)18-7-6-16(2)13-19(18)27-20/h6-7,13-14,17H,4-5,8-12,15H2,1-3H3,(H,26,31)(H,32,33)/t17-/m1/s1. The Morgan fingerprint density at radius 3 is 2.47 bits per heavy atom. The summed E-state index contributed by atoms with van der Waals surface area (Å²) in [5.41, 5.74) is 1.39. The number of piperazine rings is 1. The van der Waals surface area contributed by atoms with Crippen molar-refractivity contribution in [1.82, 2.24) is 20.1 Å². The largest absolute Gasteiger partial charge is 0.479 e. The quantitative estimate of drug-likeness (QED) is 0.500. The summed E-state index contributed by atoms with van der Waals surface area (Å²) in [4.78, 5) is 56.3. The fraction of sp³-hybridized carbons (Fsp3) is 0.480. The number of carboxylic acids is 1. The van der Waals surface area contributed by atoms with E-state index >= 15 is 0 Å². The van der Waals surface area contributed by atoms with Crippen LogP contribution in [0.3, 0.4) is 0 Å². The minimum atomic E-state index is -1.14. The van der Waals surface area contributed by atoms with Crippen LogP contribution in [0.25, 0.3) is 10.9 Å². The van der Waals surface area contributed by atoms with Crippen molar-refractivity contribution in [2.45, 2.75) is 39.7 Å². The Bertz CT molecular complexity index is 1130. The molecule has 0 aliphatic carbocycles. The van der Waals surface area contributed by atoms with Gasteiger partial charge in [0.2, 0.25) is 5.91 Å². The summed E-state index contributed by atoms with van der Waals surface area (Å²) < 4.78 is 10.8. The number of rotatable bonds is 9. The highest BCUT2D eigenvalue weighted by molar-refractivity contribution is 5.98. The van der Waals surface area contributed by atoms with Crippen LogP contribution in [0.5, 0.6) is 5.75 Å². The van der Waals surface area contributed by atoms with Gasteiger partial charge >= 0.3 is 12.1 Å². The van der Waals surface area contributed by atoms with Crippen LogP contribution >= 0.6 is 0 Å². The summed E-state index contributed by atoms with van der Waals surface area (Å²) in [6.07, 6.45) is 0.237. The number of nitrogens with one attached hydrogen (secondary N) is 1. The number of carboxylic acid groups (broad SMARTS) is 1. The third-order valence-corrected chi connectivity index (χ3v) is 5.83. The van der Waals surface area contributed by atoms with Gasteiger partial charge in [0.1, 0.15) is 11.4 Å². The lowest BCUT2D eigenvalue weighted by Crippen LogP contribution is -2.52. The Balaban J connectivity index is 1.61. The number of hydrogen-bond acceptors (Lipinski definition) is 7. The molecule has 1 saturated heterocycles. The van der Waals surface area contributed by atoms with E-state index in [9.17, 15) is 24.3 Å². The molecule has 0 spiro atoms. The fourth-order valence-electron chi connectivity index (χ4n) is 3.65. The number of unbranched alkanes of at least 4 members (excludes halogenated alkanes) is 1. The van der Waals surface area contributed by atoms with Gasteiger partial charge in [0.15, 0.2) is 6.10 Å². The maximum Gasteiger partial charge on any atom is 0.409 e. The first-order valence-electron chi connectivity index (χ1n) is 12.0. The zero-order chi connectivity index (χ0) is 26.2. The number of nitrogens with zero attached hydrogens (tertiary/aromatic N) is 3. The molecule has 1 aliphatic rings. The SMILES string of the molecule is CCCCOC(=O)N1CCN(C(=O)CNC(=O)c2cc(O[C@H](C)C(=O)O)c3ccc(C)cc3n2)CC1. The Labute approximate surface area is 209 Å². The predicted octanol–water partition coefficient (Wildman–Crippen LogP) is 2.21. The smallest absolute Gasteiger partial charge is 0.409 e. The molecule has 2 N–H and O–H groups in total. The molecule has 2 heterocycles. The van der Waals surface area contributed by atoms with E-state index < -0.39 is 18.0 Å². The molecule has 1 fully saturated rings. The van der Waals surface area contributed by atoms with Gasteiger partial charge in [-0.3, -0.25) is 9.59 Å². The zero-order valence-corrected chi connectivity index (χ0v) is 20.8. The maximum absolute atomic E-state index is 12.8. The molecule has 0 radical (unpaired) electrons. The summed E-state index contributed by atoms with van der Waals surface area (Å²) in [6.45, 7) is 6.83. The van der Waals surface area contributed by atoms with Gasteiger partial charge in [-0.1, -0.05) is 19.4 Å². The second-order valence-corrected chi connectivity index (χ2v) is 8.64. The first-order valence-corrected chi connectivity index (χ1v) is 12.0. The molecule has 0 bridgehead atoms. The number of benzene rings is 1. The van der Waals surface area contributed by atoms with Crippen LogP contribution in [0.2, 0.25) is 0 Å². The lowest BCUT2D eigenvalue weighted by Gasteiger charge is -2.34. The third-order valence-electron chi connectivity index (χ3n) is 5.83. The highest BCUT2D eigenvalue weighted by atomic mass is 16.6. The van der Waals surface area contributed by atoms with Crippen LogP contribution in [0.15, 0.2) is 24.3 Å². The van der Waals surface area contributed by atoms with Crippen molar-refractivity contribution in [2.75, 3.05) is 39.3 Å². The number of carbonyl (C=O) groups is 4. The number of fused-ring (bicyclic) bond motifs is 1. The van der Waals surface area contributed by atoms with Crippen molar-refractivity contribution < 1.29 is 33.8 Å². The summed E-state index contributed by atoms with van der Waals surface area (Å²) >= 11 is 0. The Morgan fingerprint density at radius 2 is 1.81 bits per heavy atom. The number of amides is 3. The number of aliphatic carboxylic acids is 1. The van der Waals surface area contributed by atoms with E-state index in [0.717, 1.165) is 18.4 Å². The number of pyridine rings is 1. The zero-order valence-electron chi connectivity index (χ0n) is 20.8. The second-order valence-electron chi connectivity index (χ2n) is 8.64. The highest BCUT2D eigenvalue weighted by Gasteiger charge is 2.25. The lowest BCUT2D eigenvalue weighted by molar-refractivity contribution is -0.144. The Kier molecular flexibility index (Phi) is 9.04. The molecule has 1 aliphatic heterocycles. The number of hydrogen-bond donors (Lipinski definition) is 2. The van der Waals surface area contributed by atoms with Crippen molar-refractivity contribution in [2.24, 2.45) is 0 Å². The molecular formula is C25H32N4O7. The van der Waals surface area contributed by atoms with E-state index in [1.165, 1.54) is 13.0 Å². The average molecular weight is 501 g/mol. The molecule has 3 amide bonds. The van der Waals surface area contributed by atoms with Gasteiger partial charge in [0.25, 0.3) is 5.91 Å². The van der Waals surface area contributed by atoms with E-state index in [-0.39, 0.29) is 30.0 Å². The van der Waals surface area contributed by atoms with Gasteiger partial charge < -0.3 is 29.7 Å². The van der Waals surface area contributed by atoms with Crippen LogP contribution in [0, 0.1) is 6.92 Å². The van der Waals surface area contributed by atoms with Gasteiger partial charge in [-0.05, 0) is 38.0 Å². The van der Waals surface area contributed by atoms with E-state index in [2.05, 4.69) is 10.3 Å². The molecule has 0 saturated carbocycles. The van der Waals surface area contributed by atoms with Gasteiger partial charge in [0.05, 0.1) is 18.7 Å². The molecular weight excluding hydrogens is 468 g/mol. The van der Waals surface area contributed by atoms with Crippen molar-refractivity contribution in [1.29, 1.82) is 0 Å². The van der Waals surface area contributed by atoms with Crippen molar-refractivity contribution in [3.8, 4) is 5.75 Å². The number of aryl methyl sites for hydroxylation is 1. The fourth-order valence-corrected chi connectivity index (χ4v) is 3.65. The first kappa shape index (κ1) is 26.7. The van der Waals surface area contributed by atoms with Gasteiger partial charge in [-0.25, -0.2) is 14.6 Å². The normalized spacial score (nSPS) is 14.3. The van der Waals surface area contributed by atoms with Gasteiger partial charge in [0, 0.05) is 37.6 Å². The average Bonchev–Trinajstić information content (AvgIpc) is 2.86. The molecule has 11 nitrogen and oxygen atoms in total. The van der Waals surface area contributed by atoms with Crippen molar-refractivity contribution >= 4 is 34.8 Å². The van der Waals surface area contributed by atoms with Crippen LogP contribution in [0.1, 0.15) is 42.7 Å². The number of aromatic nitrogens is 1. The van der Waals surface area contributed by atoms with Gasteiger partial charge in [-0.2, -0.15) is 0 Å². The molecule has 2 aromatic rings. The molecule has 1 atom stereocenters. The topological polar surface area (TPSA) is 138 Å². The molecule has 194 valence electrons. The van der Waals surface area contributed by atoms with E-state index in [1.807, 2.05) is 19.9 Å². The molecule has 11 heteroatoms. The lowest BCUT2D eigenvalue weighted by atomic mass is 10.1. The summed E-state index contributed by atoms with van der Waals surface area (Å²) in [7, 11) is 0. The monoisotopic (exact) mass is 500 g/mol. The summed E-state index contributed by atoms with van der Waals surface area (Å²) in [6, 6.07) is 6.74. The highest BCUT2D eigenvalue weighted by Crippen LogP contribution is 2.27. The van der Waals surface area contributed by atoms with Crippen LogP contribution in [-0.4, -0.2) is 89.2 Å². The van der Waals surface area contributed by atoms with Crippen molar-refractivity contribution in [3.05, 3.63) is 35.5 Å². The number of ether oxygens (including phenoxy) is 2. The molecule has 36 heavy (non-hydrogen) atoms. The second kappa shape index (κ2) is 12.2. The van der Waals surface area contributed by atoms with E-state index in [1.54, 1.807) is 21.9 Å². The van der Waals surface area contributed by atoms with Crippen molar-refractivity contribution in [3.63, 3.8) is 0 Å². The minimum Gasteiger partial charge on any atom is -0.479 e. The van der Waals surface area contributed by atoms with Gasteiger partial charge in [-0.15, -0.1) is 0 Å². The third kappa shape index (κ3) is 6.83. The Morgan fingerprint density at radius 1 is 1.11 bits per heavy atom. The molecule has 1 aromatic heterocycles. The summed E-state index contributed by atoms with van der Waals surface area (Å²) in [5, 5.41) is 12.4. The summed E-state index contributed by atoms with van der Waals surface area (Å²) in [5.74, 6) is -1.79. The molecule has 3 rings (SSSR count). The Hall–Kier alpha value is -3.89.